The van der Waals surface area contributed by atoms with Crippen LogP contribution in [0.4, 0.5) is 17.1 Å². The average molecular weight is 401 g/mol. The SMILES string of the molecule is C=C(C)C(=O)OCCS(=O)(=O)c1ccc(N=Nc2ccc(N(C)C)cc2)cc1. The lowest BCUT2D eigenvalue weighted by Crippen LogP contribution is -2.15. The second-order valence-electron chi connectivity index (χ2n) is 6.34. The topological polar surface area (TPSA) is 88.4 Å². The number of rotatable bonds is 8. The van der Waals surface area contributed by atoms with Gasteiger partial charge in [0, 0.05) is 25.4 Å². The molecule has 7 nitrogen and oxygen atoms in total. The van der Waals surface area contributed by atoms with Crippen LogP contribution in [-0.4, -0.2) is 40.8 Å². The van der Waals surface area contributed by atoms with E-state index in [1.165, 1.54) is 19.1 Å². The second kappa shape index (κ2) is 9.27. The molecule has 0 unspecified atom stereocenters. The van der Waals surface area contributed by atoms with E-state index < -0.39 is 15.8 Å². The Hall–Kier alpha value is -3.00. The zero-order valence-electron chi connectivity index (χ0n) is 16.1. The van der Waals surface area contributed by atoms with Crippen molar-refractivity contribution in [3.8, 4) is 0 Å². The minimum absolute atomic E-state index is 0.133. The fourth-order valence-electron chi connectivity index (χ4n) is 2.14. The Bertz CT molecular complexity index is 964. The number of hydrogen-bond acceptors (Lipinski definition) is 7. The van der Waals surface area contributed by atoms with Crippen molar-refractivity contribution in [1.29, 1.82) is 0 Å². The highest BCUT2D eigenvalue weighted by Gasteiger charge is 2.15. The number of benzene rings is 2. The van der Waals surface area contributed by atoms with Gasteiger partial charge in [-0.05, 0) is 55.5 Å². The smallest absolute Gasteiger partial charge is 0.333 e. The zero-order chi connectivity index (χ0) is 20.7. The van der Waals surface area contributed by atoms with E-state index in [2.05, 4.69) is 16.8 Å². The maximum absolute atomic E-state index is 12.3. The van der Waals surface area contributed by atoms with Crippen molar-refractivity contribution in [3.63, 3.8) is 0 Å². The molecule has 0 aliphatic rings. The molecule has 2 aromatic rings. The third kappa shape index (κ3) is 6.02. The fraction of sp³-hybridized carbons (Fsp3) is 0.250. The Morgan fingerprint density at radius 2 is 1.50 bits per heavy atom. The summed E-state index contributed by atoms with van der Waals surface area (Å²) in [5, 5.41) is 8.26. The summed E-state index contributed by atoms with van der Waals surface area (Å²) in [5.74, 6) is -0.907. The number of sulfone groups is 1. The van der Waals surface area contributed by atoms with E-state index in [0.717, 1.165) is 5.69 Å². The summed E-state index contributed by atoms with van der Waals surface area (Å²) in [5.41, 5.74) is 2.51. The molecule has 0 amide bonds. The predicted octanol–water partition coefficient (Wildman–Crippen LogP) is 4.06. The molecular weight excluding hydrogens is 378 g/mol. The molecule has 8 heteroatoms. The molecule has 0 fully saturated rings. The second-order valence-corrected chi connectivity index (χ2v) is 8.45. The Labute approximate surface area is 165 Å². The minimum atomic E-state index is -3.56. The van der Waals surface area contributed by atoms with Crippen LogP contribution in [0.2, 0.25) is 0 Å². The summed E-state index contributed by atoms with van der Waals surface area (Å²) in [6, 6.07) is 13.6. The predicted molar refractivity (Wildman–Crippen MR) is 109 cm³/mol. The summed E-state index contributed by atoms with van der Waals surface area (Å²) < 4.78 is 29.4. The van der Waals surface area contributed by atoms with Crippen LogP contribution in [0.15, 0.2) is 75.8 Å². The summed E-state index contributed by atoms with van der Waals surface area (Å²) in [4.78, 5) is 13.4. The largest absolute Gasteiger partial charge is 0.461 e. The molecule has 0 aromatic heterocycles. The van der Waals surface area contributed by atoms with Gasteiger partial charge in [-0.25, -0.2) is 13.2 Å². The maximum Gasteiger partial charge on any atom is 0.333 e. The zero-order valence-corrected chi connectivity index (χ0v) is 16.9. The molecule has 0 bridgehead atoms. The number of esters is 1. The van der Waals surface area contributed by atoms with Crippen LogP contribution in [0.25, 0.3) is 0 Å². The first-order valence-corrected chi connectivity index (χ1v) is 10.2. The van der Waals surface area contributed by atoms with Crippen molar-refractivity contribution < 1.29 is 17.9 Å². The van der Waals surface area contributed by atoms with E-state index in [1.54, 1.807) is 12.1 Å². The molecule has 148 valence electrons. The molecule has 28 heavy (non-hydrogen) atoms. The van der Waals surface area contributed by atoms with Gasteiger partial charge in [0.15, 0.2) is 9.84 Å². The highest BCUT2D eigenvalue weighted by molar-refractivity contribution is 7.91. The number of nitrogens with zero attached hydrogens (tertiary/aromatic N) is 3. The summed E-state index contributed by atoms with van der Waals surface area (Å²) >= 11 is 0. The van der Waals surface area contributed by atoms with Gasteiger partial charge in [0.2, 0.25) is 0 Å². The van der Waals surface area contributed by atoms with Gasteiger partial charge in [-0.3, -0.25) is 0 Å². The molecule has 0 radical (unpaired) electrons. The summed E-state index contributed by atoms with van der Waals surface area (Å²) in [7, 11) is 0.348. The van der Waals surface area contributed by atoms with Gasteiger partial charge in [-0.2, -0.15) is 10.2 Å². The summed E-state index contributed by atoms with van der Waals surface area (Å²) in [6.45, 7) is 4.72. The van der Waals surface area contributed by atoms with Gasteiger partial charge >= 0.3 is 5.97 Å². The normalized spacial score (nSPS) is 11.4. The quantitative estimate of drug-likeness (QED) is 0.378. The number of ether oxygens (including phenoxy) is 1. The van der Waals surface area contributed by atoms with Gasteiger partial charge in [0.1, 0.15) is 6.61 Å². The average Bonchev–Trinajstić information content (AvgIpc) is 2.66. The highest BCUT2D eigenvalue weighted by Crippen LogP contribution is 2.22. The molecular formula is C20H23N3O4S. The summed E-state index contributed by atoms with van der Waals surface area (Å²) in [6.07, 6.45) is 0. The van der Waals surface area contributed by atoms with E-state index in [4.69, 9.17) is 4.74 Å². The van der Waals surface area contributed by atoms with Crippen LogP contribution in [0.5, 0.6) is 0 Å². The van der Waals surface area contributed by atoms with E-state index in [-0.39, 0.29) is 22.8 Å². The molecule has 0 saturated carbocycles. The Kier molecular flexibility index (Phi) is 7.06. The standard InChI is InChI=1S/C20H23N3O4S/c1-15(2)20(24)27-13-14-28(25,26)19-11-7-17(8-12-19)22-21-16-5-9-18(10-6-16)23(3)4/h5-12H,1,13-14H2,2-4H3. The Morgan fingerprint density at radius 3 is 1.96 bits per heavy atom. The lowest BCUT2D eigenvalue weighted by molar-refractivity contribution is -0.138. The number of carbonyl (C=O) groups excluding carboxylic acids is 1. The number of carbonyl (C=O) groups is 1. The monoisotopic (exact) mass is 401 g/mol. The Balaban J connectivity index is 2.00. The van der Waals surface area contributed by atoms with Gasteiger partial charge in [0.05, 0.1) is 22.0 Å². The first-order valence-electron chi connectivity index (χ1n) is 8.53. The molecule has 2 aromatic carbocycles. The number of anilines is 1. The van der Waals surface area contributed by atoms with E-state index >= 15 is 0 Å². The van der Waals surface area contributed by atoms with Crippen molar-refractivity contribution in [3.05, 3.63) is 60.7 Å². The van der Waals surface area contributed by atoms with E-state index in [1.807, 2.05) is 43.3 Å². The van der Waals surface area contributed by atoms with E-state index in [0.29, 0.717) is 11.4 Å². The van der Waals surface area contributed by atoms with Crippen molar-refractivity contribution >= 4 is 32.9 Å². The highest BCUT2D eigenvalue weighted by atomic mass is 32.2. The molecule has 0 aliphatic carbocycles. The maximum atomic E-state index is 12.3. The molecule has 0 N–H and O–H groups in total. The van der Waals surface area contributed by atoms with Crippen molar-refractivity contribution in [1.82, 2.24) is 0 Å². The third-order valence-electron chi connectivity index (χ3n) is 3.78. The third-order valence-corrected chi connectivity index (χ3v) is 5.47. The molecule has 0 spiro atoms. The van der Waals surface area contributed by atoms with Gasteiger partial charge in [-0.15, -0.1) is 0 Å². The molecule has 0 saturated heterocycles. The fourth-order valence-corrected chi connectivity index (χ4v) is 3.23. The molecule has 2 rings (SSSR count). The van der Waals surface area contributed by atoms with Crippen LogP contribution in [-0.2, 0) is 19.4 Å². The van der Waals surface area contributed by atoms with Crippen molar-refractivity contribution in [2.24, 2.45) is 10.2 Å². The Morgan fingerprint density at radius 1 is 1.00 bits per heavy atom. The lowest BCUT2D eigenvalue weighted by Gasteiger charge is -2.11. The lowest BCUT2D eigenvalue weighted by atomic mass is 10.3. The van der Waals surface area contributed by atoms with Crippen LogP contribution < -0.4 is 4.90 Å². The van der Waals surface area contributed by atoms with Gasteiger partial charge < -0.3 is 9.64 Å². The number of hydrogen-bond donors (Lipinski definition) is 0. The van der Waals surface area contributed by atoms with Crippen LogP contribution in [0.3, 0.4) is 0 Å². The first kappa shape index (κ1) is 21.3. The van der Waals surface area contributed by atoms with E-state index in [9.17, 15) is 13.2 Å². The molecule has 0 atom stereocenters. The van der Waals surface area contributed by atoms with Crippen LogP contribution in [0, 0.1) is 0 Å². The van der Waals surface area contributed by atoms with Crippen molar-refractivity contribution in [2.75, 3.05) is 31.4 Å². The van der Waals surface area contributed by atoms with Crippen molar-refractivity contribution in [2.45, 2.75) is 11.8 Å². The molecule has 0 heterocycles. The van der Waals surface area contributed by atoms with Gasteiger partial charge in [0.25, 0.3) is 0 Å². The van der Waals surface area contributed by atoms with Crippen LogP contribution in [0.1, 0.15) is 6.92 Å². The van der Waals surface area contributed by atoms with Gasteiger partial charge in [-0.1, -0.05) is 6.58 Å². The van der Waals surface area contributed by atoms with Crippen LogP contribution >= 0.6 is 0 Å². The number of azo groups is 1. The first-order chi connectivity index (χ1) is 13.2. The minimum Gasteiger partial charge on any atom is -0.461 e. The molecule has 0 aliphatic heterocycles.